The highest BCUT2D eigenvalue weighted by Crippen LogP contribution is 2.36. The van der Waals surface area contributed by atoms with E-state index in [1.165, 1.54) is 26.8 Å². The Morgan fingerprint density at radius 2 is 1.26 bits per heavy atom. The molecule has 4 aromatic carbocycles. The van der Waals surface area contributed by atoms with E-state index in [-0.39, 0.29) is 15.8 Å². The second kappa shape index (κ2) is 13.1. The maximum absolute atomic E-state index is 10.4. The zero-order valence-corrected chi connectivity index (χ0v) is 21.6. The van der Waals surface area contributed by atoms with Crippen molar-refractivity contribution in [2.45, 2.75) is 46.3 Å². The van der Waals surface area contributed by atoms with Crippen LogP contribution in [0.2, 0.25) is 0 Å². The zero-order valence-electron chi connectivity index (χ0n) is 20.0. The molecule has 0 heterocycles. The van der Waals surface area contributed by atoms with Crippen LogP contribution in [0.5, 0.6) is 5.75 Å². The van der Waals surface area contributed by atoms with Gasteiger partial charge in [-0.05, 0) is 61.9 Å². The van der Waals surface area contributed by atoms with Gasteiger partial charge in [0, 0.05) is 0 Å². The normalized spacial score (nSPS) is 11.0. The molecule has 0 aliphatic heterocycles. The monoisotopic (exact) mass is 506 g/mol. The van der Waals surface area contributed by atoms with Gasteiger partial charge in [0.05, 0.1) is 11.5 Å². The maximum Gasteiger partial charge on any atom is 0.208 e. The van der Waals surface area contributed by atoms with Crippen molar-refractivity contribution in [3.05, 3.63) is 115 Å². The van der Waals surface area contributed by atoms with Crippen LogP contribution in [-0.4, -0.2) is 19.6 Å². The Bertz CT molecular complexity index is 1230. The summed E-state index contributed by atoms with van der Waals surface area (Å²) in [6.07, 6.45) is 2.23. The van der Waals surface area contributed by atoms with E-state index in [4.69, 9.17) is 4.74 Å². The van der Waals surface area contributed by atoms with Gasteiger partial charge in [-0.25, -0.2) is 8.42 Å². The van der Waals surface area contributed by atoms with Gasteiger partial charge in [-0.2, -0.15) is 0 Å². The minimum Gasteiger partial charge on any atom is -0.744 e. The number of rotatable bonds is 8. The molecule has 0 aromatic heterocycles. The molecule has 0 saturated carbocycles. The summed E-state index contributed by atoms with van der Waals surface area (Å²) in [7, 11) is -4.43. The molecule has 0 atom stereocenters. The van der Waals surface area contributed by atoms with E-state index < -0.39 is 10.1 Å². The zero-order chi connectivity index (χ0) is 25.1. The summed E-state index contributed by atoms with van der Waals surface area (Å²) >= 11 is 0. The van der Waals surface area contributed by atoms with Crippen molar-refractivity contribution in [1.82, 2.24) is 0 Å². The summed E-state index contributed by atoms with van der Waals surface area (Å²) in [6.45, 7) is 4.78. The highest BCUT2D eigenvalue weighted by Gasteiger charge is 2.31. The van der Waals surface area contributed by atoms with Gasteiger partial charge in [0.15, 0.2) is 15.5 Å². The molecule has 182 valence electrons. The molecule has 0 aliphatic carbocycles. The lowest BCUT2D eigenvalue weighted by molar-refractivity contribution is 0.302. The largest absolute Gasteiger partial charge is 0.744 e. The molecular weight excluding hydrogens is 476 g/mol. The van der Waals surface area contributed by atoms with Crippen LogP contribution >= 0.6 is 0 Å². The van der Waals surface area contributed by atoms with Gasteiger partial charge in [-0.3, -0.25) is 0 Å². The lowest BCUT2D eigenvalue weighted by Crippen LogP contribution is -2.08. The Morgan fingerprint density at radius 1 is 0.743 bits per heavy atom. The van der Waals surface area contributed by atoms with Gasteiger partial charge in [0.1, 0.15) is 21.0 Å². The third kappa shape index (κ3) is 7.99. The molecule has 6 heteroatoms. The number of ether oxygens (including phenoxy) is 1. The predicted molar refractivity (Wildman–Crippen MR) is 141 cm³/mol. The first kappa shape index (κ1) is 26.5. The van der Waals surface area contributed by atoms with Crippen LogP contribution in [0, 0.1) is 6.92 Å². The van der Waals surface area contributed by atoms with Crippen LogP contribution in [-0.2, 0) is 21.0 Å². The lowest BCUT2D eigenvalue weighted by Gasteiger charge is -2.12. The number of hydrogen-bond donors (Lipinski definition) is 0. The molecule has 0 spiro atoms. The van der Waals surface area contributed by atoms with E-state index in [9.17, 15) is 13.0 Å². The second-order valence-electron chi connectivity index (χ2n) is 7.85. The van der Waals surface area contributed by atoms with Gasteiger partial charge < -0.3 is 9.29 Å². The first-order valence-electron chi connectivity index (χ1n) is 11.5. The van der Waals surface area contributed by atoms with Crippen LogP contribution in [0.3, 0.4) is 0 Å². The molecule has 0 radical (unpaired) electrons. The molecule has 4 rings (SSSR count). The summed E-state index contributed by atoms with van der Waals surface area (Å²) < 4.78 is 37.3. The molecule has 0 unspecified atom stereocenters. The SMILES string of the molecule is CCCCOc1ccccc1[S+](c1ccccc1)c1ccccc1.Cc1ccc(S(=O)(=O)[O-])cc1. The first-order valence-corrected chi connectivity index (χ1v) is 14.1. The third-order valence-corrected chi connectivity index (χ3v) is 8.21. The number of benzene rings is 4. The van der Waals surface area contributed by atoms with Crippen molar-refractivity contribution in [1.29, 1.82) is 0 Å². The van der Waals surface area contributed by atoms with Crippen molar-refractivity contribution in [2.75, 3.05) is 6.61 Å². The predicted octanol–water partition coefficient (Wildman–Crippen LogP) is 6.86. The number of hydrogen-bond acceptors (Lipinski definition) is 4. The molecule has 4 aromatic rings. The summed E-state index contributed by atoms with van der Waals surface area (Å²) in [5.41, 5.74) is 0.928. The fourth-order valence-corrected chi connectivity index (χ4v) is 5.92. The van der Waals surface area contributed by atoms with Crippen LogP contribution in [0.1, 0.15) is 25.3 Å². The molecule has 4 nitrogen and oxygen atoms in total. The first-order chi connectivity index (χ1) is 16.9. The molecule has 0 aliphatic rings. The smallest absolute Gasteiger partial charge is 0.208 e. The van der Waals surface area contributed by atoms with E-state index >= 15 is 0 Å². The van der Waals surface area contributed by atoms with Gasteiger partial charge in [-0.1, -0.05) is 79.6 Å². The fraction of sp³-hybridized carbons (Fsp3) is 0.172. The number of unbranched alkanes of at least 4 members (excludes halogenated alkanes) is 1. The van der Waals surface area contributed by atoms with Crippen molar-refractivity contribution in [3.63, 3.8) is 0 Å². The fourth-order valence-electron chi connectivity index (χ4n) is 3.27. The minimum atomic E-state index is -4.27. The minimum absolute atomic E-state index is 0.157. The molecule has 0 saturated heterocycles. The maximum atomic E-state index is 10.4. The van der Waals surface area contributed by atoms with Gasteiger partial charge in [0.25, 0.3) is 0 Å². The average Bonchev–Trinajstić information content (AvgIpc) is 2.87. The lowest BCUT2D eigenvalue weighted by atomic mass is 10.2. The van der Waals surface area contributed by atoms with E-state index in [2.05, 4.69) is 91.9 Å². The standard InChI is InChI=1S/C22H23OS.C7H8O3S/c1-2-3-18-23-21-16-10-11-17-22(21)24(19-12-6-4-7-13-19)20-14-8-5-9-15-20;1-6-2-4-7(5-3-6)11(8,9)10/h4-17H,2-3,18H2,1H3;2-5H,1H3,(H,8,9,10)/q+1;/p-1. The van der Waals surface area contributed by atoms with Crippen molar-refractivity contribution >= 4 is 21.0 Å². The van der Waals surface area contributed by atoms with E-state index in [1.807, 2.05) is 6.92 Å². The van der Waals surface area contributed by atoms with Gasteiger partial charge >= 0.3 is 0 Å². The summed E-state index contributed by atoms with van der Waals surface area (Å²) in [5.74, 6) is 1.00. The quantitative estimate of drug-likeness (QED) is 0.149. The highest BCUT2D eigenvalue weighted by molar-refractivity contribution is 7.97. The summed E-state index contributed by atoms with van der Waals surface area (Å²) in [5, 5.41) is 0. The van der Waals surface area contributed by atoms with E-state index in [1.54, 1.807) is 12.1 Å². The van der Waals surface area contributed by atoms with Gasteiger partial charge in [-0.15, -0.1) is 0 Å². The molecule has 0 N–H and O–H groups in total. The van der Waals surface area contributed by atoms with Crippen LogP contribution in [0.25, 0.3) is 0 Å². The van der Waals surface area contributed by atoms with Crippen molar-refractivity contribution < 1.29 is 17.7 Å². The van der Waals surface area contributed by atoms with Gasteiger partial charge in [0.2, 0.25) is 4.90 Å². The Hall–Kier alpha value is -3.06. The summed E-state index contributed by atoms with van der Waals surface area (Å²) in [6, 6.07) is 35.6. The Balaban J connectivity index is 0.000000261. The van der Waals surface area contributed by atoms with Crippen molar-refractivity contribution in [2.24, 2.45) is 0 Å². The van der Waals surface area contributed by atoms with Crippen LogP contribution < -0.4 is 4.74 Å². The highest BCUT2D eigenvalue weighted by atomic mass is 32.2. The van der Waals surface area contributed by atoms with E-state index in [0.717, 1.165) is 30.8 Å². The Labute approximate surface area is 211 Å². The Morgan fingerprint density at radius 3 is 1.77 bits per heavy atom. The second-order valence-corrected chi connectivity index (χ2v) is 11.2. The van der Waals surface area contributed by atoms with E-state index in [0.29, 0.717) is 0 Å². The molecule has 0 amide bonds. The number of para-hydroxylation sites is 1. The van der Waals surface area contributed by atoms with Crippen LogP contribution in [0.15, 0.2) is 129 Å². The molecule has 0 bridgehead atoms. The molecular formula is C29H30O4S2. The summed E-state index contributed by atoms with van der Waals surface area (Å²) in [4.78, 5) is 3.71. The Kier molecular flexibility index (Phi) is 9.97. The molecule has 0 fully saturated rings. The van der Waals surface area contributed by atoms with Crippen molar-refractivity contribution in [3.8, 4) is 5.75 Å². The topological polar surface area (TPSA) is 66.4 Å². The number of aryl methyl sites for hydroxylation is 1. The third-order valence-electron chi connectivity index (χ3n) is 5.09. The molecule has 35 heavy (non-hydrogen) atoms. The van der Waals surface area contributed by atoms with Crippen LogP contribution in [0.4, 0.5) is 0 Å². The average molecular weight is 507 g/mol.